The van der Waals surface area contributed by atoms with E-state index in [1.807, 2.05) is 13.8 Å². The highest BCUT2D eigenvalue weighted by molar-refractivity contribution is 6.29. The van der Waals surface area contributed by atoms with Crippen molar-refractivity contribution in [3.05, 3.63) is 12.7 Å². The maximum atomic E-state index is 11.0. The summed E-state index contributed by atoms with van der Waals surface area (Å²) >= 11 is 0. The minimum absolute atomic E-state index is 0.271. The molecule has 0 saturated heterocycles. The first-order valence-electron chi connectivity index (χ1n) is 6.80. The van der Waals surface area contributed by atoms with Gasteiger partial charge < -0.3 is 9.16 Å². The first-order valence-corrected chi connectivity index (χ1v) is 7.79. The van der Waals surface area contributed by atoms with E-state index in [0.717, 1.165) is 12.8 Å². The fourth-order valence-corrected chi connectivity index (χ4v) is 2.52. The number of rotatable bonds is 11. The Kier molecular flexibility index (Phi) is 11.1. The Morgan fingerprint density at radius 3 is 2.61 bits per heavy atom. The SMILES string of the molecule is C=CC(=O)OCCC(CCCCC)[Si]OC(C)C. The van der Waals surface area contributed by atoms with Gasteiger partial charge in [-0.15, -0.1) is 0 Å². The van der Waals surface area contributed by atoms with Crippen molar-refractivity contribution in [3.63, 3.8) is 0 Å². The van der Waals surface area contributed by atoms with Gasteiger partial charge in [-0.25, -0.2) is 4.79 Å². The summed E-state index contributed by atoms with van der Waals surface area (Å²) in [5.41, 5.74) is 0.511. The lowest BCUT2D eigenvalue weighted by Gasteiger charge is -2.16. The first-order chi connectivity index (χ1) is 8.60. The highest BCUT2D eigenvalue weighted by Crippen LogP contribution is 2.19. The van der Waals surface area contributed by atoms with Gasteiger partial charge >= 0.3 is 5.97 Å². The zero-order valence-corrected chi connectivity index (χ0v) is 12.9. The number of carbonyl (C=O) groups excluding carboxylic acids is 1. The van der Waals surface area contributed by atoms with Crippen molar-refractivity contribution in [3.8, 4) is 0 Å². The fraction of sp³-hybridized carbons (Fsp3) is 0.786. The minimum atomic E-state index is -0.338. The van der Waals surface area contributed by atoms with Crippen LogP contribution in [0.4, 0.5) is 0 Å². The molecule has 1 atom stereocenters. The van der Waals surface area contributed by atoms with Gasteiger partial charge in [-0.05, 0) is 25.8 Å². The van der Waals surface area contributed by atoms with E-state index >= 15 is 0 Å². The third-order valence-corrected chi connectivity index (χ3v) is 4.02. The molecule has 18 heavy (non-hydrogen) atoms. The zero-order chi connectivity index (χ0) is 13.8. The Balaban J connectivity index is 3.87. The molecule has 0 fully saturated rings. The molecule has 104 valence electrons. The van der Waals surface area contributed by atoms with Crippen molar-refractivity contribution >= 4 is 15.7 Å². The summed E-state index contributed by atoms with van der Waals surface area (Å²) in [4.78, 5) is 11.0. The molecule has 0 amide bonds. The molecular weight excluding hydrogens is 244 g/mol. The smallest absolute Gasteiger partial charge is 0.330 e. The molecular formula is C14H26O3Si. The van der Waals surface area contributed by atoms with Gasteiger partial charge in [-0.1, -0.05) is 39.2 Å². The van der Waals surface area contributed by atoms with E-state index < -0.39 is 0 Å². The van der Waals surface area contributed by atoms with E-state index in [0.29, 0.717) is 21.9 Å². The quantitative estimate of drug-likeness (QED) is 0.249. The lowest BCUT2D eigenvalue weighted by Crippen LogP contribution is -2.16. The molecule has 0 spiro atoms. The molecule has 0 saturated carbocycles. The van der Waals surface area contributed by atoms with Crippen LogP contribution in [0.15, 0.2) is 12.7 Å². The van der Waals surface area contributed by atoms with Crippen molar-refractivity contribution in [1.82, 2.24) is 0 Å². The molecule has 0 heterocycles. The molecule has 0 aromatic carbocycles. The van der Waals surface area contributed by atoms with Gasteiger partial charge in [-0.3, -0.25) is 0 Å². The normalized spacial score (nSPS) is 12.4. The zero-order valence-electron chi connectivity index (χ0n) is 11.9. The van der Waals surface area contributed by atoms with Gasteiger partial charge in [0.1, 0.15) is 0 Å². The van der Waals surface area contributed by atoms with Crippen molar-refractivity contribution in [2.75, 3.05) is 6.61 Å². The Bertz CT molecular complexity index is 229. The molecule has 0 N–H and O–H groups in total. The summed E-state index contributed by atoms with van der Waals surface area (Å²) in [6.45, 7) is 10.2. The van der Waals surface area contributed by atoms with Crippen LogP contribution in [0.25, 0.3) is 0 Å². The van der Waals surface area contributed by atoms with Crippen molar-refractivity contribution in [2.45, 2.75) is 64.5 Å². The minimum Gasteiger partial charge on any atom is -0.463 e. The maximum Gasteiger partial charge on any atom is 0.330 e. The summed E-state index contributed by atoms with van der Waals surface area (Å²) in [7, 11) is 0.502. The summed E-state index contributed by atoms with van der Waals surface area (Å²) in [5, 5.41) is 0. The van der Waals surface area contributed by atoms with Crippen molar-refractivity contribution in [2.24, 2.45) is 0 Å². The third-order valence-electron chi connectivity index (χ3n) is 2.50. The highest BCUT2D eigenvalue weighted by Gasteiger charge is 2.13. The van der Waals surface area contributed by atoms with Crippen LogP contribution < -0.4 is 0 Å². The van der Waals surface area contributed by atoms with Crippen LogP contribution in [-0.4, -0.2) is 28.4 Å². The topological polar surface area (TPSA) is 35.5 Å². The summed E-state index contributed by atoms with van der Waals surface area (Å²) in [5.74, 6) is -0.338. The predicted octanol–water partition coefficient (Wildman–Crippen LogP) is 3.52. The van der Waals surface area contributed by atoms with E-state index in [1.165, 1.54) is 25.3 Å². The maximum absolute atomic E-state index is 11.0. The molecule has 0 rings (SSSR count). The van der Waals surface area contributed by atoms with Crippen molar-refractivity contribution in [1.29, 1.82) is 0 Å². The lowest BCUT2D eigenvalue weighted by molar-refractivity contribution is -0.137. The van der Waals surface area contributed by atoms with Gasteiger partial charge in [0.25, 0.3) is 0 Å². The van der Waals surface area contributed by atoms with E-state index in [-0.39, 0.29) is 12.1 Å². The van der Waals surface area contributed by atoms with Gasteiger partial charge in [0, 0.05) is 12.2 Å². The molecule has 4 heteroatoms. The Morgan fingerprint density at radius 2 is 2.06 bits per heavy atom. The van der Waals surface area contributed by atoms with E-state index in [4.69, 9.17) is 9.16 Å². The second-order valence-electron chi connectivity index (χ2n) is 4.64. The lowest BCUT2D eigenvalue weighted by atomic mass is 10.1. The number of hydrogen-bond acceptors (Lipinski definition) is 3. The molecule has 2 radical (unpaired) electrons. The molecule has 0 aromatic heterocycles. The van der Waals surface area contributed by atoms with Crippen LogP contribution in [-0.2, 0) is 14.0 Å². The number of esters is 1. The largest absolute Gasteiger partial charge is 0.463 e. The summed E-state index contributed by atoms with van der Waals surface area (Å²) in [6, 6.07) is 0. The molecule has 0 aliphatic heterocycles. The molecule has 0 aliphatic rings. The number of unbranched alkanes of at least 4 members (excludes halogenated alkanes) is 2. The fourth-order valence-electron chi connectivity index (χ4n) is 1.50. The second kappa shape index (κ2) is 11.5. The number of ether oxygens (including phenoxy) is 1. The average Bonchev–Trinajstić information content (AvgIpc) is 2.35. The summed E-state index contributed by atoms with van der Waals surface area (Å²) < 4.78 is 10.7. The van der Waals surface area contributed by atoms with Gasteiger partial charge in [-0.2, -0.15) is 0 Å². The first kappa shape index (κ1) is 17.4. The third kappa shape index (κ3) is 10.5. The van der Waals surface area contributed by atoms with Crippen LogP contribution in [0.1, 0.15) is 52.9 Å². The Morgan fingerprint density at radius 1 is 1.33 bits per heavy atom. The molecule has 0 aliphatic carbocycles. The highest BCUT2D eigenvalue weighted by atomic mass is 28.2. The monoisotopic (exact) mass is 270 g/mol. The van der Waals surface area contributed by atoms with Crippen LogP contribution >= 0.6 is 0 Å². The number of carbonyl (C=O) groups is 1. The predicted molar refractivity (Wildman–Crippen MR) is 75.6 cm³/mol. The summed E-state index contributed by atoms with van der Waals surface area (Å²) in [6.07, 6.45) is 7.23. The van der Waals surface area contributed by atoms with Crippen LogP contribution in [0.3, 0.4) is 0 Å². The van der Waals surface area contributed by atoms with Crippen LogP contribution in [0.2, 0.25) is 5.54 Å². The molecule has 0 bridgehead atoms. The van der Waals surface area contributed by atoms with E-state index in [9.17, 15) is 4.79 Å². The standard InChI is InChI=1S/C14H26O3Si/c1-5-7-8-9-13(18-17-12(3)4)10-11-16-14(15)6-2/h6,12-13H,2,5,7-11H2,1,3-4H3. The van der Waals surface area contributed by atoms with Crippen molar-refractivity contribution < 1.29 is 14.0 Å². The van der Waals surface area contributed by atoms with Crippen LogP contribution in [0.5, 0.6) is 0 Å². The van der Waals surface area contributed by atoms with Gasteiger partial charge in [0.2, 0.25) is 9.76 Å². The second-order valence-corrected chi connectivity index (χ2v) is 5.93. The van der Waals surface area contributed by atoms with Gasteiger partial charge in [0.15, 0.2) is 0 Å². The van der Waals surface area contributed by atoms with E-state index in [1.54, 1.807) is 0 Å². The van der Waals surface area contributed by atoms with Crippen LogP contribution in [0, 0.1) is 0 Å². The van der Waals surface area contributed by atoms with E-state index in [2.05, 4.69) is 13.5 Å². The molecule has 3 nitrogen and oxygen atoms in total. The number of hydrogen-bond donors (Lipinski definition) is 0. The Hall–Kier alpha value is -0.613. The average molecular weight is 270 g/mol. The Labute approximate surface area is 114 Å². The molecule has 0 aromatic rings. The molecule has 1 unspecified atom stereocenters. The van der Waals surface area contributed by atoms with Gasteiger partial charge in [0.05, 0.1) is 6.61 Å².